The molecule has 5 aromatic carbocycles. The predicted molar refractivity (Wildman–Crippen MR) is 197 cm³/mol. The maximum atomic E-state index is 11.5. The highest BCUT2D eigenvalue weighted by atomic mass is 16.5. The van der Waals surface area contributed by atoms with Crippen LogP contribution in [0.1, 0.15) is 63.0 Å². The number of fused-ring (bicyclic) bond motifs is 2. The van der Waals surface area contributed by atoms with Crippen molar-refractivity contribution in [1.29, 1.82) is 0 Å². The number of benzene rings is 5. The van der Waals surface area contributed by atoms with E-state index in [9.17, 15) is 9.90 Å². The lowest BCUT2D eigenvalue weighted by molar-refractivity contribution is -0.149. The monoisotopic (exact) mass is 653 g/mol. The normalized spacial score (nSPS) is 14.5. The second-order valence-electron chi connectivity index (χ2n) is 13.1. The second kappa shape index (κ2) is 16.6. The number of hydrogen-bond donors (Lipinski definition) is 1. The fraction of sp³-hybridized carbons (Fsp3) is 0.295. The highest BCUT2D eigenvalue weighted by molar-refractivity contribution is 5.72. The molecule has 0 saturated heterocycles. The molecule has 0 fully saturated rings. The van der Waals surface area contributed by atoms with Crippen LogP contribution in [0.4, 0.5) is 0 Å². The summed E-state index contributed by atoms with van der Waals surface area (Å²) in [5.74, 6) is -0.168. The molecule has 0 heterocycles. The Morgan fingerprint density at radius 1 is 0.735 bits per heavy atom. The average molecular weight is 654 g/mol. The first kappa shape index (κ1) is 34.2. The van der Waals surface area contributed by atoms with Gasteiger partial charge >= 0.3 is 5.97 Å². The number of hydrogen-bond acceptors (Lipinski definition) is 4. The molecular weight excluding hydrogens is 606 g/mol. The molecule has 49 heavy (non-hydrogen) atoms. The smallest absolute Gasteiger partial charge is 0.333 e. The van der Waals surface area contributed by atoms with Gasteiger partial charge in [0.2, 0.25) is 0 Å². The lowest BCUT2D eigenvalue weighted by Gasteiger charge is -2.31. The minimum absolute atomic E-state index is 0.124. The van der Waals surface area contributed by atoms with Gasteiger partial charge in [-0.1, -0.05) is 109 Å². The molecule has 1 aliphatic rings. The fourth-order valence-corrected chi connectivity index (χ4v) is 7.02. The van der Waals surface area contributed by atoms with Gasteiger partial charge in [-0.2, -0.15) is 0 Å². The average Bonchev–Trinajstić information content (AvgIpc) is 3.28. The van der Waals surface area contributed by atoms with Crippen molar-refractivity contribution in [2.24, 2.45) is 0 Å². The summed E-state index contributed by atoms with van der Waals surface area (Å²) in [6.07, 6.45) is 4.53. The van der Waals surface area contributed by atoms with Crippen molar-refractivity contribution in [3.05, 3.63) is 171 Å². The highest BCUT2D eigenvalue weighted by Gasteiger charge is 2.27. The van der Waals surface area contributed by atoms with Gasteiger partial charge in [-0.15, -0.1) is 0 Å². The van der Waals surface area contributed by atoms with Crippen molar-refractivity contribution in [1.82, 2.24) is 4.90 Å². The number of rotatable bonds is 15. The van der Waals surface area contributed by atoms with Gasteiger partial charge in [-0.3, -0.25) is 4.90 Å². The zero-order valence-electron chi connectivity index (χ0n) is 28.7. The molecule has 0 bridgehead atoms. The van der Waals surface area contributed by atoms with Crippen molar-refractivity contribution >= 4 is 5.97 Å². The van der Waals surface area contributed by atoms with E-state index in [1.807, 2.05) is 31.2 Å². The molecule has 0 aromatic heterocycles. The fourth-order valence-electron chi connectivity index (χ4n) is 7.02. The van der Waals surface area contributed by atoms with Crippen LogP contribution in [-0.2, 0) is 48.1 Å². The summed E-state index contributed by atoms with van der Waals surface area (Å²) in [6.45, 7) is 3.46. The van der Waals surface area contributed by atoms with Crippen LogP contribution in [-0.4, -0.2) is 48.9 Å². The maximum Gasteiger partial charge on any atom is 0.333 e. The van der Waals surface area contributed by atoms with Crippen molar-refractivity contribution in [2.45, 2.75) is 57.6 Å². The summed E-state index contributed by atoms with van der Waals surface area (Å²) >= 11 is 0. The Balaban J connectivity index is 1.19. The van der Waals surface area contributed by atoms with E-state index in [4.69, 9.17) is 9.47 Å². The van der Waals surface area contributed by atoms with Crippen LogP contribution < -0.4 is 4.74 Å². The zero-order valence-corrected chi connectivity index (χ0v) is 28.7. The molecule has 0 amide bonds. The van der Waals surface area contributed by atoms with E-state index in [1.165, 1.54) is 44.5 Å². The molecule has 252 valence electrons. The van der Waals surface area contributed by atoms with Gasteiger partial charge in [-0.25, -0.2) is 4.79 Å². The number of ether oxygens (including phenoxy) is 2. The zero-order chi connectivity index (χ0) is 34.0. The third-order valence-corrected chi connectivity index (χ3v) is 9.61. The van der Waals surface area contributed by atoms with Gasteiger partial charge in [-0.05, 0) is 108 Å². The van der Waals surface area contributed by atoms with E-state index >= 15 is 0 Å². The number of carboxylic acids is 1. The molecule has 2 atom stereocenters. The van der Waals surface area contributed by atoms with E-state index < -0.39 is 12.1 Å². The van der Waals surface area contributed by atoms with E-state index in [1.54, 1.807) is 0 Å². The van der Waals surface area contributed by atoms with Crippen molar-refractivity contribution in [2.75, 3.05) is 26.8 Å². The van der Waals surface area contributed by atoms with Crippen molar-refractivity contribution < 1.29 is 19.4 Å². The molecule has 0 spiro atoms. The standard InChI is InChI=1S/C44H47NO4/c1-3-48-42(44(46)47)31-35-16-22-39(23-17-35)49-27-26-45(2)43-40-24-18-34(15-14-32-10-6-4-7-11-32)29-37(40)20-21-38-30-36(19-25-41(38)43)28-33-12-8-5-9-13-33/h4-13,16-19,22-25,29-30,42-43H,3,14-15,20-21,26-28,31H2,1-2H3,(H,46,47). The molecule has 5 nitrogen and oxygen atoms in total. The molecule has 0 radical (unpaired) electrons. The number of carbonyl (C=O) groups is 1. The van der Waals surface area contributed by atoms with Crippen LogP contribution >= 0.6 is 0 Å². The molecule has 0 aliphatic heterocycles. The Kier molecular flexibility index (Phi) is 11.6. The summed E-state index contributed by atoms with van der Waals surface area (Å²) in [5.41, 5.74) is 12.0. The van der Waals surface area contributed by atoms with Crippen LogP contribution in [0.2, 0.25) is 0 Å². The van der Waals surface area contributed by atoms with Crippen molar-refractivity contribution in [3.63, 3.8) is 0 Å². The molecule has 0 saturated carbocycles. The van der Waals surface area contributed by atoms with Gasteiger partial charge in [0.05, 0.1) is 6.04 Å². The molecular formula is C44H47NO4. The summed E-state index contributed by atoms with van der Waals surface area (Å²) in [5, 5.41) is 9.44. The molecule has 6 rings (SSSR count). The quantitative estimate of drug-likeness (QED) is 0.123. The summed E-state index contributed by atoms with van der Waals surface area (Å²) in [6, 6.07) is 43.5. The number of likely N-dealkylation sites (N-methyl/N-ethyl adjacent to an activating group) is 1. The number of aryl methyl sites for hydroxylation is 4. The van der Waals surface area contributed by atoms with E-state index in [0.717, 1.165) is 50.0 Å². The number of nitrogens with zero attached hydrogens (tertiary/aromatic N) is 1. The number of carboxylic acid groups (broad SMARTS) is 1. The molecule has 5 aromatic rings. The summed E-state index contributed by atoms with van der Waals surface area (Å²) < 4.78 is 11.6. The van der Waals surface area contributed by atoms with Gasteiger partial charge in [0.1, 0.15) is 12.4 Å². The maximum absolute atomic E-state index is 11.5. The van der Waals surface area contributed by atoms with Gasteiger partial charge in [0.15, 0.2) is 6.10 Å². The summed E-state index contributed by atoms with van der Waals surface area (Å²) in [4.78, 5) is 13.9. The molecule has 5 heteroatoms. The lowest BCUT2D eigenvalue weighted by atomic mass is 9.90. The third-order valence-electron chi connectivity index (χ3n) is 9.61. The Morgan fingerprint density at radius 3 is 1.94 bits per heavy atom. The lowest BCUT2D eigenvalue weighted by Crippen LogP contribution is -2.30. The highest BCUT2D eigenvalue weighted by Crippen LogP contribution is 2.37. The topological polar surface area (TPSA) is 59.0 Å². The van der Waals surface area contributed by atoms with Crippen LogP contribution in [0.3, 0.4) is 0 Å². The SMILES string of the molecule is CCOC(Cc1ccc(OCCN(C)C2c3ccc(CCc4ccccc4)cc3CCc3cc(Cc4ccccc4)ccc32)cc1)C(=O)O. The first-order valence-electron chi connectivity index (χ1n) is 17.5. The predicted octanol–water partition coefficient (Wildman–Crippen LogP) is 8.29. The Bertz CT molecular complexity index is 1800. The van der Waals surface area contributed by atoms with Gasteiger partial charge in [0, 0.05) is 19.6 Å². The molecule has 2 unspecified atom stereocenters. The second-order valence-corrected chi connectivity index (χ2v) is 13.1. The van der Waals surface area contributed by atoms with Crippen LogP contribution in [0.5, 0.6) is 5.75 Å². The first-order chi connectivity index (χ1) is 24.0. The largest absolute Gasteiger partial charge is 0.492 e. The molecule has 1 aliphatic carbocycles. The van der Waals surface area contributed by atoms with E-state index in [2.05, 4.69) is 109 Å². The minimum atomic E-state index is -0.942. The van der Waals surface area contributed by atoms with Crippen LogP contribution in [0.15, 0.2) is 121 Å². The van der Waals surface area contributed by atoms with Crippen LogP contribution in [0, 0.1) is 0 Å². The Morgan fingerprint density at radius 2 is 1.31 bits per heavy atom. The molecule has 1 N–H and O–H groups in total. The third kappa shape index (κ3) is 9.05. The van der Waals surface area contributed by atoms with Gasteiger partial charge in [0.25, 0.3) is 0 Å². The summed E-state index contributed by atoms with van der Waals surface area (Å²) in [7, 11) is 2.21. The Hall–Kier alpha value is -4.71. The van der Waals surface area contributed by atoms with Crippen molar-refractivity contribution in [3.8, 4) is 5.75 Å². The number of aliphatic carboxylic acids is 1. The van der Waals surface area contributed by atoms with Gasteiger partial charge < -0.3 is 14.6 Å². The minimum Gasteiger partial charge on any atom is -0.492 e. The van der Waals surface area contributed by atoms with Crippen LogP contribution in [0.25, 0.3) is 0 Å². The Labute approximate surface area is 291 Å². The first-order valence-corrected chi connectivity index (χ1v) is 17.5. The van der Waals surface area contributed by atoms with E-state index in [0.29, 0.717) is 19.6 Å². The van der Waals surface area contributed by atoms with E-state index in [-0.39, 0.29) is 6.04 Å².